The molecule has 0 saturated carbocycles. The summed E-state index contributed by atoms with van der Waals surface area (Å²) >= 11 is 1.79. The highest BCUT2D eigenvalue weighted by Crippen LogP contribution is 2.38. The molecule has 1 aromatic heterocycles. The van der Waals surface area contributed by atoms with Gasteiger partial charge in [-0.3, -0.25) is 9.89 Å². The second-order valence-corrected chi connectivity index (χ2v) is 4.93. The van der Waals surface area contributed by atoms with Gasteiger partial charge in [-0.05, 0) is 24.3 Å². The number of nitrogens with zero attached hydrogens (tertiary/aromatic N) is 1. The number of carboxylic acid groups (broad SMARTS) is 1. The van der Waals surface area contributed by atoms with Crippen molar-refractivity contribution in [1.82, 2.24) is 10.2 Å². The highest BCUT2D eigenvalue weighted by atomic mass is 32.2. The summed E-state index contributed by atoms with van der Waals surface area (Å²) in [6.45, 7) is 0. The molecule has 82 valence electrons. The predicted octanol–water partition coefficient (Wildman–Crippen LogP) is 0.841. The topological polar surface area (TPSA) is 92.0 Å². The second-order valence-electron chi connectivity index (χ2n) is 3.71. The number of nitrogens with one attached hydrogen (secondary N) is 1. The van der Waals surface area contributed by atoms with E-state index in [1.807, 2.05) is 0 Å². The Bertz CT molecular complexity index is 371. The molecule has 1 aliphatic heterocycles. The molecule has 0 aliphatic carbocycles. The minimum absolute atomic E-state index is 0.351. The number of H-pyrrole nitrogens is 1. The maximum Gasteiger partial charge on any atom is 0.315 e. The Balaban J connectivity index is 2.37. The third-order valence-corrected chi connectivity index (χ3v) is 3.85. The van der Waals surface area contributed by atoms with Gasteiger partial charge in [0, 0.05) is 6.07 Å². The van der Waals surface area contributed by atoms with Crippen molar-refractivity contribution in [1.29, 1.82) is 0 Å². The minimum Gasteiger partial charge on any atom is -0.481 e. The number of aromatic amines is 1. The Morgan fingerprint density at radius 1 is 1.60 bits per heavy atom. The van der Waals surface area contributed by atoms with Crippen LogP contribution in [0, 0.1) is 0 Å². The summed E-state index contributed by atoms with van der Waals surface area (Å²) in [4.78, 5) is 11.4. The summed E-state index contributed by atoms with van der Waals surface area (Å²) < 4.78 is 0. The van der Waals surface area contributed by atoms with Gasteiger partial charge in [0.05, 0.1) is 5.69 Å². The van der Waals surface area contributed by atoms with Crippen molar-refractivity contribution in [3.05, 3.63) is 11.8 Å². The molecule has 0 unspecified atom stereocenters. The normalized spacial score (nSPS) is 20.0. The monoisotopic (exact) mass is 227 g/mol. The highest BCUT2D eigenvalue weighted by molar-refractivity contribution is 7.99. The average molecular weight is 227 g/mol. The lowest BCUT2D eigenvalue weighted by Gasteiger charge is -2.31. The fourth-order valence-electron chi connectivity index (χ4n) is 1.90. The fourth-order valence-corrected chi connectivity index (χ4v) is 3.09. The maximum absolute atomic E-state index is 11.4. The van der Waals surface area contributed by atoms with Crippen LogP contribution in [0.2, 0.25) is 0 Å². The molecule has 2 heterocycles. The van der Waals surface area contributed by atoms with Gasteiger partial charge in [-0.25, -0.2) is 0 Å². The fraction of sp³-hybridized carbons (Fsp3) is 0.556. The Labute approximate surface area is 91.4 Å². The van der Waals surface area contributed by atoms with Gasteiger partial charge < -0.3 is 10.8 Å². The second kappa shape index (κ2) is 3.77. The number of nitrogens with two attached hydrogens (primary N) is 1. The van der Waals surface area contributed by atoms with E-state index in [1.165, 1.54) is 0 Å². The van der Waals surface area contributed by atoms with E-state index in [0.717, 1.165) is 11.5 Å². The van der Waals surface area contributed by atoms with E-state index in [2.05, 4.69) is 10.2 Å². The quantitative estimate of drug-likeness (QED) is 0.696. The van der Waals surface area contributed by atoms with Gasteiger partial charge in [0.1, 0.15) is 11.2 Å². The summed E-state index contributed by atoms with van der Waals surface area (Å²) in [5.41, 5.74) is 5.33. The zero-order valence-electron chi connectivity index (χ0n) is 8.19. The van der Waals surface area contributed by atoms with Crippen molar-refractivity contribution in [2.75, 3.05) is 17.2 Å². The molecule has 0 amide bonds. The van der Waals surface area contributed by atoms with Crippen LogP contribution in [0.3, 0.4) is 0 Å². The number of hydrogen-bond donors (Lipinski definition) is 3. The zero-order valence-corrected chi connectivity index (χ0v) is 9.01. The number of aliphatic carboxylic acids is 1. The van der Waals surface area contributed by atoms with E-state index < -0.39 is 11.4 Å². The molecule has 4 N–H and O–H groups in total. The Kier molecular flexibility index (Phi) is 2.60. The van der Waals surface area contributed by atoms with Gasteiger partial charge >= 0.3 is 5.97 Å². The lowest BCUT2D eigenvalue weighted by Crippen LogP contribution is -2.39. The average Bonchev–Trinajstić information content (AvgIpc) is 2.66. The van der Waals surface area contributed by atoms with Crippen LogP contribution >= 0.6 is 11.8 Å². The van der Waals surface area contributed by atoms with Crippen LogP contribution in [0.25, 0.3) is 0 Å². The van der Waals surface area contributed by atoms with Crippen LogP contribution in [-0.4, -0.2) is 32.8 Å². The van der Waals surface area contributed by atoms with Crippen LogP contribution in [0.4, 0.5) is 5.82 Å². The van der Waals surface area contributed by atoms with Crippen LogP contribution < -0.4 is 5.73 Å². The largest absolute Gasteiger partial charge is 0.481 e. The lowest BCUT2D eigenvalue weighted by atomic mass is 9.79. The Morgan fingerprint density at radius 3 is 2.73 bits per heavy atom. The Hall–Kier alpha value is -1.17. The van der Waals surface area contributed by atoms with Crippen molar-refractivity contribution < 1.29 is 9.90 Å². The third kappa shape index (κ3) is 1.69. The Morgan fingerprint density at radius 2 is 2.27 bits per heavy atom. The van der Waals surface area contributed by atoms with Crippen molar-refractivity contribution in [2.24, 2.45) is 0 Å². The number of thioether (sulfide) groups is 1. The predicted molar refractivity (Wildman–Crippen MR) is 58.9 cm³/mol. The summed E-state index contributed by atoms with van der Waals surface area (Å²) in [7, 11) is 0. The molecule has 15 heavy (non-hydrogen) atoms. The smallest absolute Gasteiger partial charge is 0.315 e. The third-order valence-electron chi connectivity index (χ3n) is 2.87. The van der Waals surface area contributed by atoms with Gasteiger partial charge in [0.15, 0.2) is 0 Å². The van der Waals surface area contributed by atoms with E-state index in [0.29, 0.717) is 24.4 Å². The van der Waals surface area contributed by atoms with Crippen LogP contribution in [-0.2, 0) is 10.2 Å². The molecular weight excluding hydrogens is 214 g/mol. The molecule has 0 radical (unpaired) electrons. The molecule has 1 aliphatic rings. The molecule has 6 heteroatoms. The molecular formula is C9H13N3O2S. The minimum atomic E-state index is -0.810. The number of rotatable bonds is 2. The van der Waals surface area contributed by atoms with Crippen molar-refractivity contribution in [3.8, 4) is 0 Å². The number of aromatic nitrogens is 2. The molecule has 1 saturated heterocycles. The summed E-state index contributed by atoms with van der Waals surface area (Å²) in [6, 6.07) is 1.63. The molecule has 5 nitrogen and oxygen atoms in total. The number of nitrogen functional groups attached to an aromatic ring is 1. The summed E-state index contributed by atoms with van der Waals surface area (Å²) in [5, 5.41) is 15.9. The van der Waals surface area contributed by atoms with Crippen LogP contribution in [0.15, 0.2) is 6.07 Å². The van der Waals surface area contributed by atoms with Crippen molar-refractivity contribution >= 4 is 23.5 Å². The van der Waals surface area contributed by atoms with Crippen LogP contribution in [0.5, 0.6) is 0 Å². The van der Waals surface area contributed by atoms with Gasteiger partial charge in [0.25, 0.3) is 0 Å². The van der Waals surface area contributed by atoms with E-state index >= 15 is 0 Å². The number of anilines is 1. The first-order chi connectivity index (χ1) is 7.15. The first kappa shape index (κ1) is 10.4. The number of carboxylic acids is 1. The highest BCUT2D eigenvalue weighted by Gasteiger charge is 2.43. The van der Waals surface area contributed by atoms with Crippen LogP contribution in [0.1, 0.15) is 18.5 Å². The van der Waals surface area contributed by atoms with Gasteiger partial charge in [-0.2, -0.15) is 16.9 Å². The molecule has 2 rings (SSSR count). The molecule has 0 aromatic carbocycles. The molecule has 1 aromatic rings. The van der Waals surface area contributed by atoms with E-state index in [4.69, 9.17) is 5.73 Å². The van der Waals surface area contributed by atoms with Crippen molar-refractivity contribution in [2.45, 2.75) is 18.3 Å². The maximum atomic E-state index is 11.4. The van der Waals surface area contributed by atoms with Gasteiger partial charge in [-0.1, -0.05) is 0 Å². The van der Waals surface area contributed by atoms with Gasteiger partial charge in [0.2, 0.25) is 0 Å². The number of hydrogen-bond acceptors (Lipinski definition) is 4. The van der Waals surface area contributed by atoms with E-state index in [1.54, 1.807) is 17.8 Å². The zero-order chi connectivity index (χ0) is 10.9. The summed E-state index contributed by atoms with van der Waals surface area (Å²) in [6.07, 6.45) is 1.27. The molecule has 0 bridgehead atoms. The lowest BCUT2D eigenvalue weighted by molar-refractivity contribution is -0.144. The van der Waals surface area contributed by atoms with E-state index in [-0.39, 0.29) is 0 Å². The SMILES string of the molecule is Nc1cc(C2(C(=O)O)CCSCC2)[nH]n1. The standard InChI is InChI=1S/C9H13N3O2S/c10-7-5-6(11-12-7)9(8(13)14)1-3-15-4-2-9/h5H,1-4H2,(H,13,14)(H3,10,11,12). The number of carbonyl (C=O) groups is 1. The van der Waals surface area contributed by atoms with Gasteiger partial charge in [-0.15, -0.1) is 0 Å². The summed E-state index contributed by atoms with van der Waals surface area (Å²) in [5.74, 6) is 1.30. The first-order valence-corrected chi connectivity index (χ1v) is 5.93. The van der Waals surface area contributed by atoms with E-state index in [9.17, 15) is 9.90 Å². The molecule has 1 fully saturated rings. The molecule has 0 spiro atoms. The van der Waals surface area contributed by atoms with Crippen molar-refractivity contribution in [3.63, 3.8) is 0 Å². The molecule has 0 atom stereocenters. The first-order valence-electron chi connectivity index (χ1n) is 4.78.